The lowest BCUT2D eigenvalue weighted by molar-refractivity contribution is -0.117. The highest BCUT2D eigenvalue weighted by Crippen LogP contribution is 2.13. The minimum Gasteiger partial charge on any atom is -0.322 e. The fourth-order valence-corrected chi connectivity index (χ4v) is 1.40. The molecule has 0 unspecified atom stereocenters. The molecule has 16 heavy (non-hydrogen) atoms. The molecule has 1 aromatic carbocycles. The Morgan fingerprint density at radius 2 is 2.06 bits per heavy atom. The number of hydrogen-bond acceptors (Lipinski definition) is 2. The number of carbonyl (C=O) groups excluding carboxylic acids is 1. The van der Waals surface area contributed by atoms with E-state index in [9.17, 15) is 9.18 Å². The molecular formula is C12H17FN2O. The lowest BCUT2D eigenvalue weighted by Crippen LogP contribution is -2.36. The predicted octanol–water partition coefficient (Wildman–Crippen LogP) is 2.14. The Morgan fingerprint density at radius 1 is 1.44 bits per heavy atom. The highest BCUT2D eigenvalue weighted by molar-refractivity contribution is 5.94. The molecule has 1 atom stereocenters. The molecule has 0 aliphatic carbocycles. The van der Waals surface area contributed by atoms with Crippen LogP contribution in [0.4, 0.5) is 10.1 Å². The molecule has 0 heterocycles. The van der Waals surface area contributed by atoms with Crippen LogP contribution in [-0.4, -0.2) is 11.9 Å². The number of anilines is 1. The van der Waals surface area contributed by atoms with E-state index in [1.807, 2.05) is 13.8 Å². The average Bonchev–Trinajstić information content (AvgIpc) is 2.20. The second-order valence-electron chi connectivity index (χ2n) is 4.21. The van der Waals surface area contributed by atoms with Crippen molar-refractivity contribution >= 4 is 11.6 Å². The maximum Gasteiger partial charge on any atom is 0.241 e. The van der Waals surface area contributed by atoms with Gasteiger partial charge in [0.25, 0.3) is 0 Å². The minimum absolute atomic E-state index is 0.173. The molecule has 1 amide bonds. The van der Waals surface area contributed by atoms with Crippen LogP contribution < -0.4 is 11.1 Å². The third-order valence-corrected chi connectivity index (χ3v) is 2.19. The summed E-state index contributed by atoms with van der Waals surface area (Å²) < 4.78 is 13.2. The van der Waals surface area contributed by atoms with Gasteiger partial charge in [-0.05, 0) is 24.5 Å². The van der Waals surface area contributed by atoms with Crippen molar-refractivity contribution in [1.82, 2.24) is 0 Å². The van der Waals surface area contributed by atoms with Crippen LogP contribution in [0.3, 0.4) is 0 Å². The first kappa shape index (κ1) is 12.6. The van der Waals surface area contributed by atoms with E-state index in [1.165, 1.54) is 12.1 Å². The summed E-state index contributed by atoms with van der Waals surface area (Å²) in [7, 11) is 0. The van der Waals surface area contributed by atoms with E-state index in [2.05, 4.69) is 5.32 Å². The number of hydrogen-bond donors (Lipinski definition) is 2. The third kappa shape index (κ3) is 3.62. The quantitative estimate of drug-likeness (QED) is 0.823. The van der Waals surface area contributed by atoms with E-state index in [4.69, 9.17) is 5.73 Å². The number of benzene rings is 1. The lowest BCUT2D eigenvalue weighted by Gasteiger charge is -2.14. The molecule has 0 aromatic heterocycles. The number of halogens is 1. The Labute approximate surface area is 94.8 Å². The first-order valence-electron chi connectivity index (χ1n) is 5.31. The highest BCUT2D eigenvalue weighted by atomic mass is 19.1. The molecular weight excluding hydrogens is 207 g/mol. The fourth-order valence-electron chi connectivity index (χ4n) is 1.40. The first-order chi connectivity index (χ1) is 7.50. The standard InChI is InChI=1S/C12H17FN2O/c1-8(2)7-10(14)12(16)15-11-6-4-3-5-9(11)13/h3-6,8,10H,7,14H2,1-2H3,(H,15,16)/t10-/m1/s1. The van der Waals surface area contributed by atoms with Crippen LogP contribution in [0, 0.1) is 11.7 Å². The lowest BCUT2D eigenvalue weighted by atomic mass is 10.0. The first-order valence-corrected chi connectivity index (χ1v) is 5.31. The Morgan fingerprint density at radius 3 is 2.62 bits per heavy atom. The van der Waals surface area contributed by atoms with Crippen LogP contribution in [-0.2, 0) is 4.79 Å². The topological polar surface area (TPSA) is 55.1 Å². The second kappa shape index (κ2) is 5.61. The monoisotopic (exact) mass is 224 g/mol. The van der Waals surface area contributed by atoms with Crippen molar-refractivity contribution in [2.24, 2.45) is 11.7 Å². The smallest absolute Gasteiger partial charge is 0.241 e. The summed E-state index contributed by atoms with van der Waals surface area (Å²) in [5.74, 6) is -0.465. The second-order valence-corrected chi connectivity index (χ2v) is 4.21. The molecule has 0 fully saturated rings. The fraction of sp³-hybridized carbons (Fsp3) is 0.417. The van der Waals surface area contributed by atoms with Crippen molar-refractivity contribution < 1.29 is 9.18 Å². The molecule has 4 heteroatoms. The number of amides is 1. The molecule has 1 rings (SSSR count). The van der Waals surface area contributed by atoms with Gasteiger partial charge < -0.3 is 11.1 Å². The Balaban J connectivity index is 2.61. The van der Waals surface area contributed by atoms with E-state index in [-0.39, 0.29) is 11.6 Å². The van der Waals surface area contributed by atoms with E-state index in [0.717, 1.165) is 0 Å². The van der Waals surface area contributed by atoms with Crippen LogP contribution in [0.1, 0.15) is 20.3 Å². The van der Waals surface area contributed by atoms with Gasteiger partial charge in [-0.1, -0.05) is 26.0 Å². The molecule has 0 radical (unpaired) electrons. The van der Waals surface area contributed by atoms with Gasteiger partial charge in [0, 0.05) is 0 Å². The summed E-state index contributed by atoms with van der Waals surface area (Å²) in [6.07, 6.45) is 0.584. The van der Waals surface area contributed by atoms with Crippen molar-refractivity contribution in [1.29, 1.82) is 0 Å². The zero-order valence-corrected chi connectivity index (χ0v) is 9.53. The van der Waals surface area contributed by atoms with E-state index < -0.39 is 11.9 Å². The highest BCUT2D eigenvalue weighted by Gasteiger charge is 2.15. The predicted molar refractivity (Wildman–Crippen MR) is 62.5 cm³/mol. The molecule has 0 aliphatic heterocycles. The number of nitrogens with two attached hydrogens (primary N) is 1. The molecule has 0 bridgehead atoms. The van der Waals surface area contributed by atoms with Crippen molar-refractivity contribution in [3.63, 3.8) is 0 Å². The van der Waals surface area contributed by atoms with Gasteiger partial charge in [-0.15, -0.1) is 0 Å². The Hall–Kier alpha value is -1.42. The Kier molecular flexibility index (Phi) is 4.43. The maximum atomic E-state index is 13.2. The zero-order chi connectivity index (χ0) is 12.1. The van der Waals surface area contributed by atoms with Crippen LogP contribution in [0.15, 0.2) is 24.3 Å². The van der Waals surface area contributed by atoms with E-state index in [0.29, 0.717) is 12.3 Å². The largest absolute Gasteiger partial charge is 0.322 e. The van der Waals surface area contributed by atoms with Gasteiger partial charge >= 0.3 is 0 Å². The van der Waals surface area contributed by atoms with Gasteiger partial charge in [-0.3, -0.25) is 4.79 Å². The Bertz CT molecular complexity index is 366. The van der Waals surface area contributed by atoms with Gasteiger partial charge in [0.2, 0.25) is 5.91 Å². The van der Waals surface area contributed by atoms with Gasteiger partial charge in [0.15, 0.2) is 0 Å². The molecule has 0 spiro atoms. The van der Waals surface area contributed by atoms with Crippen LogP contribution in [0.25, 0.3) is 0 Å². The van der Waals surface area contributed by atoms with Gasteiger partial charge in [-0.25, -0.2) is 4.39 Å². The number of rotatable bonds is 4. The summed E-state index contributed by atoms with van der Waals surface area (Å²) >= 11 is 0. The SMILES string of the molecule is CC(C)C[C@@H](N)C(=O)Nc1ccccc1F. The summed E-state index contributed by atoms with van der Waals surface area (Å²) in [6.45, 7) is 3.96. The number of carbonyl (C=O) groups is 1. The molecule has 3 nitrogen and oxygen atoms in total. The molecule has 0 saturated heterocycles. The molecule has 0 aliphatic rings. The van der Waals surface area contributed by atoms with Crippen molar-refractivity contribution in [2.45, 2.75) is 26.3 Å². The molecule has 88 valence electrons. The normalized spacial score (nSPS) is 12.6. The van der Waals surface area contributed by atoms with Gasteiger partial charge in [-0.2, -0.15) is 0 Å². The zero-order valence-electron chi connectivity index (χ0n) is 9.53. The van der Waals surface area contributed by atoms with Gasteiger partial charge in [0.05, 0.1) is 11.7 Å². The average molecular weight is 224 g/mol. The summed E-state index contributed by atoms with van der Waals surface area (Å²) in [4.78, 5) is 11.6. The van der Waals surface area contributed by atoms with Crippen LogP contribution in [0.5, 0.6) is 0 Å². The molecule has 0 saturated carbocycles. The maximum absolute atomic E-state index is 13.2. The van der Waals surface area contributed by atoms with Crippen LogP contribution >= 0.6 is 0 Å². The molecule has 3 N–H and O–H groups in total. The molecule has 1 aromatic rings. The minimum atomic E-state index is -0.598. The van der Waals surface area contributed by atoms with Crippen LogP contribution in [0.2, 0.25) is 0 Å². The third-order valence-electron chi connectivity index (χ3n) is 2.19. The summed E-state index contributed by atoms with van der Waals surface area (Å²) in [5, 5.41) is 2.48. The number of nitrogens with one attached hydrogen (secondary N) is 1. The van der Waals surface area contributed by atoms with Crippen molar-refractivity contribution in [3.05, 3.63) is 30.1 Å². The van der Waals surface area contributed by atoms with Gasteiger partial charge in [0.1, 0.15) is 5.82 Å². The van der Waals surface area contributed by atoms with Crippen molar-refractivity contribution in [3.8, 4) is 0 Å². The van der Waals surface area contributed by atoms with Crippen molar-refractivity contribution in [2.75, 3.05) is 5.32 Å². The van der Waals surface area contributed by atoms with E-state index in [1.54, 1.807) is 12.1 Å². The van der Waals surface area contributed by atoms with E-state index >= 15 is 0 Å². The number of para-hydroxylation sites is 1. The summed E-state index contributed by atoms with van der Waals surface area (Å²) in [6, 6.07) is 5.43. The summed E-state index contributed by atoms with van der Waals surface area (Å²) in [5.41, 5.74) is 5.85.